The molecule has 1 heterocycles. The quantitative estimate of drug-likeness (QED) is 0.436. The van der Waals surface area contributed by atoms with E-state index >= 15 is 0 Å². The highest BCUT2D eigenvalue weighted by Gasteiger charge is 1.98. The van der Waals surface area contributed by atoms with Gasteiger partial charge in [-0.15, -0.1) is 0 Å². The van der Waals surface area contributed by atoms with Crippen LogP contribution < -0.4 is 16.0 Å². The van der Waals surface area contributed by atoms with E-state index in [0.717, 1.165) is 52.4 Å². The molecule has 1 atom stereocenters. The third-order valence-electron chi connectivity index (χ3n) is 2.11. The molecule has 4 nitrogen and oxygen atoms in total. The standard InChI is InChI=1S/C8H21N4P/c13-12-7-5-10-3-1-9-2-4-11-6-8-12/h9-11H,1-8,13H2. The van der Waals surface area contributed by atoms with Crippen LogP contribution in [0, 0.1) is 0 Å². The average Bonchev–Trinajstić information content (AvgIpc) is 2.11. The van der Waals surface area contributed by atoms with Crippen molar-refractivity contribution in [3.63, 3.8) is 0 Å². The zero-order chi connectivity index (χ0) is 9.36. The summed E-state index contributed by atoms with van der Waals surface area (Å²) in [5.41, 5.74) is 0. The number of hydrogen-bond donors (Lipinski definition) is 3. The largest absolute Gasteiger partial charge is 0.314 e. The van der Waals surface area contributed by atoms with Gasteiger partial charge in [-0.05, 0) is 0 Å². The summed E-state index contributed by atoms with van der Waals surface area (Å²) in [6.07, 6.45) is 0. The van der Waals surface area contributed by atoms with Crippen LogP contribution in [0.2, 0.25) is 0 Å². The molecule has 1 fully saturated rings. The second-order valence-electron chi connectivity index (χ2n) is 3.29. The normalized spacial score (nSPS) is 24.7. The molecule has 0 bridgehead atoms. The first-order chi connectivity index (χ1) is 6.39. The molecule has 1 unspecified atom stereocenters. The molecule has 0 aliphatic carbocycles. The summed E-state index contributed by atoms with van der Waals surface area (Å²) in [5.74, 6) is 0. The van der Waals surface area contributed by atoms with E-state index in [1.165, 1.54) is 0 Å². The zero-order valence-corrected chi connectivity index (χ0v) is 9.34. The first kappa shape index (κ1) is 11.3. The zero-order valence-electron chi connectivity index (χ0n) is 8.18. The first-order valence-corrected chi connectivity index (χ1v) is 5.53. The summed E-state index contributed by atoms with van der Waals surface area (Å²) in [4.78, 5) is 0. The van der Waals surface area contributed by atoms with E-state index in [9.17, 15) is 0 Å². The Bertz CT molecular complexity index is 111. The van der Waals surface area contributed by atoms with E-state index in [-0.39, 0.29) is 0 Å². The molecule has 1 aliphatic heterocycles. The molecular formula is C8H21N4P. The van der Waals surface area contributed by atoms with Gasteiger partial charge < -0.3 is 16.0 Å². The Morgan fingerprint density at radius 2 is 1.08 bits per heavy atom. The van der Waals surface area contributed by atoms with Gasteiger partial charge in [0.1, 0.15) is 0 Å². The summed E-state index contributed by atoms with van der Waals surface area (Å²) >= 11 is 0. The van der Waals surface area contributed by atoms with Crippen LogP contribution in [0.15, 0.2) is 0 Å². The third kappa shape index (κ3) is 6.36. The Kier molecular flexibility index (Phi) is 6.68. The van der Waals surface area contributed by atoms with Gasteiger partial charge in [0.25, 0.3) is 0 Å². The Morgan fingerprint density at radius 3 is 1.54 bits per heavy atom. The lowest BCUT2D eigenvalue weighted by Gasteiger charge is -2.18. The van der Waals surface area contributed by atoms with Gasteiger partial charge in [0.15, 0.2) is 0 Å². The van der Waals surface area contributed by atoms with Crippen molar-refractivity contribution in [3.8, 4) is 0 Å². The second-order valence-corrected chi connectivity index (χ2v) is 4.02. The van der Waals surface area contributed by atoms with Crippen molar-refractivity contribution in [2.75, 3.05) is 52.4 Å². The number of nitrogens with one attached hydrogen (secondary N) is 3. The number of rotatable bonds is 0. The molecule has 13 heavy (non-hydrogen) atoms. The SMILES string of the molecule is PN1CCNCCNCCNCC1. The fraction of sp³-hybridized carbons (Fsp3) is 1.00. The van der Waals surface area contributed by atoms with Gasteiger partial charge in [0.05, 0.1) is 0 Å². The van der Waals surface area contributed by atoms with Gasteiger partial charge >= 0.3 is 0 Å². The molecule has 0 saturated carbocycles. The van der Waals surface area contributed by atoms with Crippen molar-refractivity contribution in [1.29, 1.82) is 0 Å². The molecule has 0 amide bonds. The maximum atomic E-state index is 3.40. The molecule has 0 spiro atoms. The highest BCUT2D eigenvalue weighted by molar-refractivity contribution is 7.13. The molecule has 0 radical (unpaired) electrons. The Balaban J connectivity index is 2.11. The van der Waals surface area contributed by atoms with Gasteiger partial charge in [-0.2, -0.15) is 0 Å². The van der Waals surface area contributed by atoms with Gasteiger partial charge in [0, 0.05) is 52.4 Å². The lowest BCUT2D eigenvalue weighted by Crippen LogP contribution is -2.38. The monoisotopic (exact) mass is 204 g/mol. The predicted molar refractivity (Wildman–Crippen MR) is 59.9 cm³/mol. The summed E-state index contributed by atoms with van der Waals surface area (Å²) in [6.45, 7) is 8.63. The van der Waals surface area contributed by atoms with Crippen molar-refractivity contribution in [2.45, 2.75) is 0 Å². The second kappa shape index (κ2) is 7.65. The van der Waals surface area contributed by atoms with E-state index in [1.54, 1.807) is 0 Å². The topological polar surface area (TPSA) is 39.3 Å². The van der Waals surface area contributed by atoms with Crippen molar-refractivity contribution >= 4 is 9.39 Å². The third-order valence-corrected chi connectivity index (χ3v) is 2.63. The van der Waals surface area contributed by atoms with Crippen LogP contribution in [0.1, 0.15) is 0 Å². The van der Waals surface area contributed by atoms with E-state index < -0.39 is 0 Å². The summed E-state index contributed by atoms with van der Waals surface area (Å²) in [7, 11) is 2.77. The summed E-state index contributed by atoms with van der Waals surface area (Å²) in [5, 5.41) is 10.2. The Hall–Kier alpha value is 0.270. The van der Waals surface area contributed by atoms with Crippen LogP contribution in [0.3, 0.4) is 0 Å². The maximum absolute atomic E-state index is 3.40. The van der Waals surface area contributed by atoms with Crippen LogP contribution in [-0.4, -0.2) is 57.0 Å². The Morgan fingerprint density at radius 1 is 0.692 bits per heavy atom. The molecule has 0 aromatic rings. The number of nitrogens with zero attached hydrogens (tertiary/aromatic N) is 1. The maximum Gasteiger partial charge on any atom is 0.0142 e. The lowest BCUT2D eigenvalue weighted by molar-refractivity contribution is 0.433. The molecular weight excluding hydrogens is 183 g/mol. The molecule has 1 rings (SSSR count). The van der Waals surface area contributed by atoms with Gasteiger partial charge in [-0.1, -0.05) is 9.39 Å². The Labute approximate surface area is 83.1 Å². The molecule has 3 N–H and O–H groups in total. The molecule has 1 saturated heterocycles. The fourth-order valence-corrected chi connectivity index (χ4v) is 1.54. The minimum absolute atomic E-state index is 1.07. The summed E-state index contributed by atoms with van der Waals surface area (Å²) < 4.78 is 2.27. The lowest BCUT2D eigenvalue weighted by atomic mass is 10.4. The first-order valence-electron chi connectivity index (χ1n) is 5.01. The van der Waals surface area contributed by atoms with E-state index in [0.29, 0.717) is 0 Å². The molecule has 0 aromatic heterocycles. The summed E-state index contributed by atoms with van der Waals surface area (Å²) in [6, 6.07) is 0. The van der Waals surface area contributed by atoms with Crippen molar-refractivity contribution in [2.24, 2.45) is 0 Å². The van der Waals surface area contributed by atoms with Gasteiger partial charge in [-0.3, -0.25) is 4.67 Å². The van der Waals surface area contributed by atoms with Crippen molar-refractivity contribution < 1.29 is 0 Å². The number of hydrogen-bond acceptors (Lipinski definition) is 4. The molecule has 1 aliphatic rings. The minimum Gasteiger partial charge on any atom is -0.314 e. The predicted octanol–water partition coefficient (Wildman–Crippen LogP) is -1.14. The molecule has 5 heteroatoms. The van der Waals surface area contributed by atoms with Crippen molar-refractivity contribution in [1.82, 2.24) is 20.6 Å². The fourth-order valence-electron chi connectivity index (χ4n) is 1.29. The van der Waals surface area contributed by atoms with E-state index in [2.05, 4.69) is 30.0 Å². The van der Waals surface area contributed by atoms with Crippen LogP contribution >= 0.6 is 9.39 Å². The molecule has 78 valence electrons. The highest BCUT2D eigenvalue weighted by Crippen LogP contribution is 1.94. The van der Waals surface area contributed by atoms with Gasteiger partial charge in [0.2, 0.25) is 0 Å². The van der Waals surface area contributed by atoms with Crippen LogP contribution in [0.5, 0.6) is 0 Å². The van der Waals surface area contributed by atoms with Gasteiger partial charge in [-0.25, -0.2) is 0 Å². The van der Waals surface area contributed by atoms with E-state index in [1.807, 2.05) is 0 Å². The van der Waals surface area contributed by atoms with Crippen molar-refractivity contribution in [3.05, 3.63) is 0 Å². The average molecular weight is 204 g/mol. The smallest absolute Gasteiger partial charge is 0.0142 e. The van der Waals surface area contributed by atoms with Crippen LogP contribution in [0.4, 0.5) is 0 Å². The molecule has 0 aromatic carbocycles. The highest BCUT2D eigenvalue weighted by atomic mass is 31.0. The van der Waals surface area contributed by atoms with Crippen LogP contribution in [0.25, 0.3) is 0 Å². The van der Waals surface area contributed by atoms with Crippen LogP contribution in [-0.2, 0) is 0 Å². The van der Waals surface area contributed by atoms with E-state index in [4.69, 9.17) is 0 Å². The minimum atomic E-state index is 1.07.